The third-order valence-electron chi connectivity index (χ3n) is 8.50. The van der Waals surface area contributed by atoms with Crippen LogP contribution in [0.2, 0.25) is 0 Å². The van der Waals surface area contributed by atoms with E-state index in [1.807, 2.05) is 0 Å². The van der Waals surface area contributed by atoms with Gasteiger partial charge in [0.2, 0.25) is 0 Å². The molecule has 2 aromatic rings. The van der Waals surface area contributed by atoms with Gasteiger partial charge in [0.05, 0.1) is 0 Å². The monoisotopic (exact) mass is 416 g/mol. The van der Waals surface area contributed by atoms with Crippen LogP contribution < -0.4 is 0 Å². The molecule has 4 rings (SSSR count). The van der Waals surface area contributed by atoms with E-state index in [0.29, 0.717) is 5.92 Å². The highest BCUT2D eigenvalue weighted by molar-refractivity contribution is 5.64. The van der Waals surface area contributed by atoms with Crippen LogP contribution in [0.3, 0.4) is 0 Å². The van der Waals surface area contributed by atoms with Crippen LogP contribution in [0.15, 0.2) is 48.5 Å². The topological polar surface area (TPSA) is 17.1 Å². The molecule has 31 heavy (non-hydrogen) atoms. The number of hydrogen-bond donors (Lipinski definition) is 0. The van der Waals surface area contributed by atoms with Crippen molar-refractivity contribution in [2.75, 3.05) is 0 Å². The molecule has 0 aromatic heterocycles. The predicted octanol–water partition coefficient (Wildman–Crippen LogP) is 8.68. The number of carbonyl (C=O) groups is 1. The summed E-state index contributed by atoms with van der Waals surface area (Å²) in [6.07, 6.45) is 14.7. The van der Waals surface area contributed by atoms with E-state index in [-0.39, 0.29) is 5.41 Å². The van der Waals surface area contributed by atoms with Gasteiger partial charge < -0.3 is 4.79 Å². The van der Waals surface area contributed by atoms with Crippen LogP contribution in [-0.2, 0) is 4.79 Å². The first-order valence-corrected chi connectivity index (χ1v) is 12.8. The molecule has 1 heteroatoms. The molecule has 0 aliphatic heterocycles. The Morgan fingerprint density at radius 3 is 1.65 bits per heavy atom. The Balaban J connectivity index is 1.37. The highest BCUT2D eigenvalue weighted by Gasteiger charge is 2.34. The molecular weight excluding hydrogens is 376 g/mol. The molecule has 2 saturated carbocycles. The molecule has 1 nitrogen and oxygen atoms in total. The van der Waals surface area contributed by atoms with Gasteiger partial charge in [0.1, 0.15) is 6.29 Å². The van der Waals surface area contributed by atoms with Crippen LogP contribution >= 0.6 is 0 Å². The number of hydrogen-bond acceptors (Lipinski definition) is 1. The molecule has 0 spiro atoms. The zero-order valence-electron chi connectivity index (χ0n) is 19.6. The molecule has 166 valence electrons. The maximum atomic E-state index is 11.7. The first-order chi connectivity index (χ1) is 15.2. The summed E-state index contributed by atoms with van der Waals surface area (Å²) in [6, 6.07) is 18.6. The molecule has 2 aromatic carbocycles. The summed E-state index contributed by atoms with van der Waals surface area (Å²) in [5.74, 6) is 2.33. The summed E-state index contributed by atoms with van der Waals surface area (Å²) < 4.78 is 0. The lowest BCUT2D eigenvalue weighted by atomic mass is 9.68. The lowest BCUT2D eigenvalue weighted by Gasteiger charge is -2.36. The minimum atomic E-state index is -0.0390. The molecule has 2 aliphatic rings. The molecule has 0 saturated heterocycles. The fourth-order valence-corrected chi connectivity index (χ4v) is 6.25. The second kappa shape index (κ2) is 10.2. The van der Waals surface area contributed by atoms with Crippen LogP contribution in [0.1, 0.15) is 107 Å². The highest BCUT2D eigenvalue weighted by atomic mass is 16.1. The van der Waals surface area contributed by atoms with Gasteiger partial charge in [-0.15, -0.1) is 0 Å². The van der Waals surface area contributed by atoms with Crippen LogP contribution in [0.25, 0.3) is 11.1 Å². The maximum absolute atomic E-state index is 11.7. The maximum Gasteiger partial charge on any atom is 0.126 e. The van der Waals surface area contributed by atoms with E-state index >= 15 is 0 Å². The van der Waals surface area contributed by atoms with Gasteiger partial charge >= 0.3 is 0 Å². The SMILES string of the molecule is CCCC1(C=O)CCC(c2ccc(-c3ccc(C4CCC(CC)CC4)cc3)cc2)CC1. The Labute approximate surface area is 189 Å². The van der Waals surface area contributed by atoms with E-state index < -0.39 is 0 Å². The average Bonchev–Trinajstić information content (AvgIpc) is 2.85. The molecule has 2 aliphatic carbocycles. The zero-order chi connectivity index (χ0) is 21.7. The largest absolute Gasteiger partial charge is 0.303 e. The van der Waals surface area contributed by atoms with E-state index in [1.165, 1.54) is 60.6 Å². The molecule has 0 radical (unpaired) electrons. The molecule has 0 unspecified atom stereocenters. The Morgan fingerprint density at radius 1 is 0.742 bits per heavy atom. The van der Waals surface area contributed by atoms with Gasteiger partial charge in [0.15, 0.2) is 0 Å². The van der Waals surface area contributed by atoms with Crippen molar-refractivity contribution in [3.05, 3.63) is 59.7 Å². The highest BCUT2D eigenvalue weighted by Crippen LogP contribution is 2.44. The minimum absolute atomic E-state index is 0.0390. The van der Waals surface area contributed by atoms with Crippen LogP contribution in [0.4, 0.5) is 0 Å². The van der Waals surface area contributed by atoms with Gasteiger partial charge in [-0.25, -0.2) is 0 Å². The summed E-state index contributed by atoms with van der Waals surface area (Å²) >= 11 is 0. The van der Waals surface area contributed by atoms with Crippen molar-refractivity contribution in [1.29, 1.82) is 0 Å². The second-order valence-corrected chi connectivity index (χ2v) is 10.4. The first kappa shape index (κ1) is 22.3. The molecule has 0 N–H and O–H groups in total. The first-order valence-electron chi connectivity index (χ1n) is 12.8. The fourth-order valence-electron chi connectivity index (χ4n) is 6.25. The third kappa shape index (κ3) is 5.13. The van der Waals surface area contributed by atoms with E-state index in [1.54, 1.807) is 0 Å². The van der Waals surface area contributed by atoms with Gasteiger partial charge in [-0.2, -0.15) is 0 Å². The lowest BCUT2D eigenvalue weighted by molar-refractivity contribution is -0.118. The second-order valence-electron chi connectivity index (χ2n) is 10.4. The van der Waals surface area contributed by atoms with Crippen molar-refractivity contribution in [2.24, 2.45) is 11.3 Å². The lowest BCUT2D eigenvalue weighted by Crippen LogP contribution is -2.28. The van der Waals surface area contributed by atoms with Crippen molar-refractivity contribution in [2.45, 2.75) is 96.3 Å². The van der Waals surface area contributed by atoms with E-state index in [2.05, 4.69) is 62.4 Å². The molecule has 0 amide bonds. The Hall–Kier alpha value is -1.89. The van der Waals surface area contributed by atoms with E-state index in [0.717, 1.165) is 50.4 Å². The molecular formula is C30H40O. The fraction of sp³-hybridized carbons (Fsp3) is 0.567. The van der Waals surface area contributed by atoms with Crippen LogP contribution in [-0.4, -0.2) is 6.29 Å². The number of carbonyl (C=O) groups excluding carboxylic acids is 1. The van der Waals surface area contributed by atoms with Crippen molar-refractivity contribution in [1.82, 2.24) is 0 Å². The number of benzene rings is 2. The Bertz CT molecular complexity index is 816. The zero-order valence-corrected chi connectivity index (χ0v) is 19.6. The molecule has 0 atom stereocenters. The number of aldehydes is 1. The average molecular weight is 417 g/mol. The van der Waals surface area contributed by atoms with Crippen LogP contribution in [0.5, 0.6) is 0 Å². The quantitative estimate of drug-likeness (QED) is 0.413. The normalized spacial score (nSPS) is 28.9. The smallest absolute Gasteiger partial charge is 0.126 e. The van der Waals surface area contributed by atoms with Gasteiger partial charge in [-0.1, -0.05) is 75.2 Å². The summed E-state index contributed by atoms with van der Waals surface area (Å²) in [4.78, 5) is 11.7. The van der Waals surface area contributed by atoms with Gasteiger partial charge in [0.25, 0.3) is 0 Å². The van der Waals surface area contributed by atoms with Crippen molar-refractivity contribution in [3.8, 4) is 11.1 Å². The van der Waals surface area contributed by atoms with E-state index in [9.17, 15) is 4.79 Å². The van der Waals surface area contributed by atoms with Gasteiger partial charge in [-0.3, -0.25) is 0 Å². The minimum Gasteiger partial charge on any atom is -0.303 e. The summed E-state index contributed by atoms with van der Waals surface area (Å²) in [6.45, 7) is 4.53. The van der Waals surface area contributed by atoms with Crippen LogP contribution in [0, 0.1) is 11.3 Å². The molecule has 0 heterocycles. The summed E-state index contributed by atoms with van der Waals surface area (Å²) in [7, 11) is 0. The molecule has 0 bridgehead atoms. The Kier molecular flexibility index (Phi) is 7.31. The van der Waals surface area contributed by atoms with Gasteiger partial charge in [-0.05, 0) is 97.8 Å². The van der Waals surface area contributed by atoms with E-state index in [4.69, 9.17) is 0 Å². The standard InChI is InChI=1S/C30H40O/c1-3-19-30(22-31)20-17-29(18-21-30)28-15-13-27(14-16-28)26-11-9-25(10-12-26)24-7-5-23(4-2)6-8-24/h9-16,22-24,29H,3-8,17-21H2,1-2H3. The summed E-state index contributed by atoms with van der Waals surface area (Å²) in [5.41, 5.74) is 5.58. The number of rotatable bonds is 7. The third-order valence-corrected chi connectivity index (χ3v) is 8.50. The Morgan fingerprint density at radius 2 is 1.23 bits per heavy atom. The molecule has 2 fully saturated rings. The van der Waals surface area contributed by atoms with Crippen molar-refractivity contribution < 1.29 is 4.79 Å². The predicted molar refractivity (Wildman–Crippen MR) is 131 cm³/mol. The van der Waals surface area contributed by atoms with Gasteiger partial charge in [0, 0.05) is 5.41 Å². The summed E-state index contributed by atoms with van der Waals surface area (Å²) in [5, 5.41) is 0. The van der Waals surface area contributed by atoms with Crippen molar-refractivity contribution >= 4 is 6.29 Å². The van der Waals surface area contributed by atoms with Crippen molar-refractivity contribution in [3.63, 3.8) is 0 Å².